The van der Waals surface area contributed by atoms with E-state index in [1.807, 2.05) is 19.1 Å². The number of hydrogen-bond donors (Lipinski definition) is 2. The second-order valence-electron chi connectivity index (χ2n) is 5.97. The van der Waals surface area contributed by atoms with Crippen molar-refractivity contribution in [2.75, 3.05) is 11.9 Å². The van der Waals surface area contributed by atoms with Gasteiger partial charge in [-0.3, -0.25) is 9.59 Å². The van der Waals surface area contributed by atoms with Gasteiger partial charge in [-0.05, 0) is 38.0 Å². The number of nitrogens with zero attached hydrogens (tertiary/aromatic N) is 2. The molecule has 0 aliphatic carbocycles. The quantitative estimate of drug-likeness (QED) is 0.829. The van der Waals surface area contributed by atoms with E-state index in [0.29, 0.717) is 42.4 Å². The Labute approximate surface area is 144 Å². The molecule has 1 aliphatic heterocycles. The van der Waals surface area contributed by atoms with Gasteiger partial charge in [0.25, 0.3) is 5.91 Å². The van der Waals surface area contributed by atoms with Crippen molar-refractivity contribution in [1.29, 1.82) is 0 Å². The minimum absolute atomic E-state index is 0.0260. The van der Waals surface area contributed by atoms with E-state index >= 15 is 0 Å². The normalized spacial score (nSPS) is 14.2. The summed E-state index contributed by atoms with van der Waals surface area (Å²) in [5.74, 6) is 1.54. The average Bonchev–Trinajstić information content (AvgIpc) is 2.99. The predicted octanol–water partition coefficient (Wildman–Crippen LogP) is 1.91. The van der Waals surface area contributed by atoms with Gasteiger partial charge in [-0.15, -0.1) is 0 Å². The Morgan fingerprint density at radius 1 is 1.44 bits per heavy atom. The Hall–Kier alpha value is -2.90. The largest absolute Gasteiger partial charge is 0.482 e. The summed E-state index contributed by atoms with van der Waals surface area (Å²) in [6, 6.07) is 5.31. The number of aromatic nitrogens is 2. The first kappa shape index (κ1) is 16.9. The lowest BCUT2D eigenvalue weighted by atomic mass is 10.1. The molecule has 3 rings (SSSR count). The van der Waals surface area contributed by atoms with Gasteiger partial charge < -0.3 is 19.9 Å². The molecule has 1 atom stereocenters. The van der Waals surface area contributed by atoms with Crippen LogP contribution < -0.4 is 15.4 Å². The zero-order valence-corrected chi connectivity index (χ0v) is 14.2. The molecular weight excluding hydrogens is 324 g/mol. The number of nitrogens with one attached hydrogen (secondary N) is 2. The fraction of sp³-hybridized carbons (Fsp3) is 0.412. The van der Waals surface area contributed by atoms with Gasteiger partial charge in [0.2, 0.25) is 11.8 Å². The molecule has 1 aromatic carbocycles. The van der Waals surface area contributed by atoms with Crippen LogP contribution in [0.2, 0.25) is 0 Å². The fourth-order valence-corrected chi connectivity index (χ4v) is 2.61. The molecule has 2 heterocycles. The minimum atomic E-state index is -0.183. The molecule has 1 aromatic heterocycles. The van der Waals surface area contributed by atoms with Gasteiger partial charge >= 0.3 is 0 Å². The van der Waals surface area contributed by atoms with Crippen molar-refractivity contribution in [3.63, 3.8) is 0 Å². The second kappa shape index (κ2) is 7.33. The summed E-state index contributed by atoms with van der Waals surface area (Å²) >= 11 is 0. The van der Waals surface area contributed by atoms with Crippen molar-refractivity contribution < 1.29 is 18.8 Å². The number of ether oxygens (including phenoxy) is 1. The molecule has 0 saturated heterocycles. The van der Waals surface area contributed by atoms with Gasteiger partial charge in [-0.2, -0.15) is 4.98 Å². The molecule has 25 heavy (non-hydrogen) atoms. The molecule has 0 fully saturated rings. The summed E-state index contributed by atoms with van der Waals surface area (Å²) in [4.78, 5) is 27.6. The number of hydrogen-bond acceptors (Lipinski definition) is 6. The maximum atomic E-state index is 12.1. The topological polar surface area (TPSA) is 106 Å². The SMILES string of the molecule is Cc1noc(CCCC(=O)NC(C)c2ccc3c(c2)NC(=O)CO3)n1. The van der Waals surface area contributed by atoms with Gasteiger partial charge in [-0.1, -0.05) is 11.2 Å². The number of benzene rings is 1. The van der Waals surface area contributed by atoms with Crippen molar-refractivity contribution in [1.82, 2.24) is 15.5 Å². The fourth-order valence-electron chi connectivity index (χ4n) is 2.61. The first-order valence-electron chi connectivity index (χ1n) is 8.16. The molecule has 2 N–H and O–H groups in total. The maximum absolute atomic E-state index is 12.1. The third-order valence-electron chi connectivity index (χ3n) is 3.88. The predicted molar refractivity (Wildman–Crippen MR) is 89.1 cm³/mol. The third-order valence-corrected chi connectivity index (χ3v) is 3.88. The van der Waals surface area contributed by atoms with Gasteiger partial charge in [0, 0.05) is 12.8 Å². The molecule has 0 radical (unpaired) electrons. The number of carbonyl (C=O) groups excluding carboxylic acids is 2. The van der Waals surface area contributed by atoms with Crippen LogP contribution in [-0.4, -0.2) is 28.6 Å². The number of rotatable bonds is 6. The lowest BCUT2D eigenvalue weighted by Crippen LogP contribution is -2.28. The zero-order valence-electron chi connectivity index (χ0n) is 14.2. The highest BCUT2D eigenvalue weighted by atomic mass is 16.5. The Kier molecular flexibility index (Phi) is 4.97. The number of aryl methyl sites for hydroxylation is 2. The van der Waals surface area contributed by atoms with Crippen LogP contribution in [0.25, 0.3) is 0 Å². The van der Waals surface area contributed by atoms with E-state index in [1.54, 1.807) is 13.0 Å². The van der Waals surface area contributed by atoms with Gasteiger partial charge in [0.15, 0.2) is 12.4 Å². The molecule has 1 unspecified atom stereocenters. The van der Waals surface area contributed by atoms with E-state index in [2.05, 4.69) is 20.8 Å². The molecule has 0 bridgehead atoms. The molecule has 0 saturated carbocycles. The molecule has 2 aromatic rings. The zero-order chi connectivity index (χ0) is 17.8. The van der Waals surface area contributed by atoms with Crippen LogP contribution >= 0.6 is 0 Å². The standard InChI is InChI=1S/C17H20N4O4/c1-10(12-6-7-14-13(8-12)20-16(23)9-24-14)18-15(22)4-3-5-17-19-11(2)21-25-17/h6-8,10H,3-5,9H2,1-2H3,(H,18,22)(H,20,23). The summed E-state index contributed by atoms with van der Waals surface area (Å²) in [7, 11) is 0. The van der Waals surface area contributed by atoms with Crippen molar-refractivity contribution in [2.24, 2.45) is 0 Å². The summed E-state index contributed by atoms with van der Waals surface area (Å²) in [6.45, 7) is 3.68. The minimum Gasteiger partial charge on any atom is -0.482 e. The van der Waals surface area contributed by atoms with E-state index < -0.39 is 0 Å². The number of carbonyl (C=O) groups is 2. The summed E-state index contributed by atoms with van der Waals surface area (Å²) in [6.07, 6.45) is 1.58. The monoisotopic (exact) mass is 344 g/mol. The van der Waals surface area contributed by atoms with Crippen molar-refractivity contribution in [3.8, 4) is 5.75 Å². The average molecular weight is 344 g/mol. The van der Waals surface area contributed by atoms with Gasteiger partial charge in [0.05, 0.1) is 11.7 Å². The van der Waals surface area contributed by atoms with Crippen LogP contribution in [0, 0.1) is 6.92 Å². The van der Waals surface area contributed by atoms with Crippen molar-refractivity contribution in [3.05, 3.63) is 35.5 Å². The van der Waals surface area contributed by atoms with Gasteiger partial charge in [0.1, 0.15) is 5.75 Å². The lowest BCUT2D eigenvalue weighted by molar-refractivity contribution is -0.122. The first-order valence-corrected chi connectivity index (χ1v) is 8.16. The Morgan fingerprint density at radius 3 is 3.04 bits per heavy atom. The van der Waals surface area contributed by atoms with Crippen LogP contribution in [0.5, 0.6) is 5.75 Å². The molecule has 8 heteroatoms. The highest BCUT2D eigenvalue weighted by Gasteiger charge is 2.18. The summed E-state index contributed by atoms with van der Waals surface area (Å²) < 4.78 is 10.3. The van der Waals surface area contributed by atoms with E-state index in [-0.39, 0.29) is 24.5 Å². The molecule has 2 amide bonds. The highest BCUT2D eigenvalue weighted by Crippen LogP contribution is 2.30. The number of anilines is 1. The van der Waals surface area contributed by atoms with Crippen LogP contribution in [0.4, 0.5) is 5.69 Å². The van der Waals surface area contributed by atoms with E-state index in [9.17, 15) is 9.59 Å². The van der Waals surface area contributed by atoms with Crippen LogP contribution in [-0.2, 0) is 16.0 Å². The summed E-state index contributed by atoms with van der Waals surface area (Å²) in [5.41, 5.74) is 1.52. The first-order chi connectivity index (χ1) is 12.0. The molecule has 1 aliphatic rings. The van der Waals surface area contributed by atoms with Crippen molar-refractivity contribution in [2.45, 2.75) is 39.2 Å². The molecule has 0 spiro atoms. The number of amides is 2. The van der Waals surface area contributed by atoms with Crippen LogP contribution in [0.15, 0.2) is 22.7 Å². The lowest BCUT2D eigenvalue weighted by Gasteiger charge is -2.21. The highest BCUT2D eigenvalue weighted by molar-refractivity contribution is 5.95. The van der Waals surface area contributed by atoms with Gasteiger partial charge in [-0.25, -0.2) is 0 Å². The Bertz CT molecular complexity index is 787. The second-order valence-corrected chi connectivity index (χ2v) is 5.97. The Morgan fingerprint density at radius 2 is 2.28 bits per heavy atom. The molecular formula is C17H20N4O4. The van der Waals surface area contributed by atoms with Crippen LogP contribution in [0.1, 0.15) is 43.1 Å². The maximum Gasteiger partial charge on any atom is 0.262 e. The van der Waals surface area contributed by atoms with E-state index in [0.717, 1.165) is 5.56 Å². The van der Waals surface area contributed by atoms with E-state index in [4.69, 9.17) is 9.26 Å². The summed E-state index contributed by atoms with van der Waals surface area (Å²) in [5, 5.41) is 9.43. The third kappa shape index (κ3) is 4.34. The molecule has 8 nitrogen and oxygen atoms in total. The van der Waals surface area contributed by atoms with E-state index in [1.165, 1.54) is 0 Å². The Balaban J connectivity index is 1.51. The number of fused-ring (bicyclic) bond motifs is 1. The van der Waals surface area contributed by atoms with Crippen molar-refractivity contribution >= 4 is 17.5 Å². The van der Waals surface area contributed by atoms with Crippen LogP contribution in [0.3, 0.4) is 0 Å². The molecule has 132 valence electrons. The smallest absolute Gasteiger partial charge is 0.262 e.